The molecule has 21 heavy (non-hydrogen) atoms. The number of nitrogens with zero attached hydrogens (tertiary/aromatic N) is 1. The quantitative estimate of drug-likeness (QED) is 0.857. The maximum absolute atomic E-state index is 12.2. The predicted molar refractivity (Wildman–Crippen MR) is 84.6 cm³/mol. The fourth-order valence-electron chi connectivity index (χ4n) is 1.82. The average molecular weight is 333 g/mol. The van der Waals surface area contributed by atoms with Crippen molar-refractivity contribution in [2.24, 2.45) is 0 Å². The van der Waals surface area contributed by atoms with Crippen LogP contribution >= 0.6 is 11.6 Å². The van der Waals surface area contributed by atoms with Crippen molar-refractivity contribution in [1.82, 2.24) is 10.3 Å². The molecule has 1 rings (SSSR count). The van der Waals surface area contributed by atoms with Crippen LogP contribution in [0, 0.1) is 0 Å². The van der Waals surface area contributed by atoms with Crippen LogP contribution < -0.4 is 5.32 Å². The van der Waals surface area contributed by atoms with E-state index in [2.05, 4.69) is 10.3 Å². The number of carbonyl (C=O) groups is 1. The third-order valence-corrected chi connectivity index (χ3v) is 4.05. The van der Waals surface area contributed by atoms with Crippen molar-refractivity contribution in [3.8, 4) is 0 Å². The molecule has 1 N–H and O–H groups in total. The number of pyridine rings is 1. The predicted octanol–water partition coefficient (Wildman–Crippen LogP) is 2.20. The maximum atomic E-state index is 12.2. The molecule has 0 saturated carbocycles. The Labute approximate surface area is 131 Å². The van der Waals surface area contributed by atoms with Gasteiger partial charge in [-0.3, -0.25) is 4.79 Å². The van der Waals surface area contributed by atoms with Gasteiger partial charge in [0.2, 0.25) is 0 Å². The van der Waals surface area contributed by atoms with Crippen LogP contribution in [-0.2, 0) is 15.3 Å². The van der Waals surface area contributed by atoms with Crippen molar-refractivity contribution in [3.05, 3.63) is 28.5 Å². The standard InChI is InChI=1S/C14H21ClN2O3S/c1-9(8-21(5,19)20)16-13(18)10-6-11(14(2,3)4)17-12(15)7-10/h6-7,9H,8H2,1-5H3,(H,16,18). The van der Waals surface area contributed by atoms with Gasteiger partial charge < -0.3 is 5.32 Å². The molecule has 118 valence electrons. The Balaban J connectivity index is 2.96. The Morgan fingerprint density at radius 1 is 1.38 bits per heavy atom. The van der Waals surface area contributed by atoms with Gasteiger partial charge in [-0.05, 0) is 19.1 Å². The summed E-state index contributed by atoms with van der Waals surface area (Å²) in [6, 6.07) is 2.67. The van der Waals surface area contributed by atoms with Gasteiger partial charge in [-0.2, -0.15) is 0 Å². The third-order valence-electron chi connectivity index (χ3n) is 2.75. The van der Waals surface area contributed by atoms with Gasteiger partial charge in [-0.25, -0.2) is 13.4 Å². The number of hydrogen-bond acceptors (Lipinski definition) is 4. The molecule has 0 fully saturated rings. The zero-order chi connectivity index (χ0) is 16.4. The zero-order valence-electron chi connectivity index (χ0n) is 12.9. The number of hydrogen-bond donors (Lipinski definition) is 1. The molecule has 0 spiro atoms. The van der Waals surface area contributed by atoms with Gasteiger partial charge in [0.15, 0.2) is 0 Å². The number of rotatable bonds is 4. The molecular weight excluding hydrogens is 312 g/mol. The molecule has 0 aromatic carbocycles. The van der Waals surface area contributed by atoms with Gasteiger partial charge >= 0.3 is 0 Å². The highest BCUT2D eigenvalue weighted by molar-refractivity contribution is 7.90. The van der Waals surface area contributed by atoms with Crippen LogP contribution in [0.2, 0.25) is 5.15 Å². The SMILES string of the molecule is CC(CS(C)(=O)=O)NC(=O)c1cc(Cl)nc(C(C)(C)C)c1. The summed E-state index contributed by atoms with van der Waals surface area (Å²) in [5.74, 6) is -0.468. The van der Waals surface area contributed by atoms with Crippen LogP contribution in [0.15, 0.2) is 12.1 Å². The molecule has 0 aliphatic carbocycles. The Morgan fingerprint density at radius 3 is 2.43 bits per heavy atom. The van der Waals surface area contributed by atoms with E-state index < -0.39 is 15.9 Å². The Morgan fingerprint density at radius 2 is 1.95 bits per heavy atom. The first-order valence-corrected chi connectivity index (χ1v) is 8.99. The monoisotopic (exact) mass is 332 g/mol. The molecule has 1 atom stereocenters. The molecule has 1 aromatic rings. The second-order valence-electron chi connectivity index (χ2n) is 6.28. The van der Waals surface area contributed by atoms with Crippen LogP contribution in [0.4, 0.5) is 0 Å². The van der Waals surface area contributed by atoms with Crippen LogP contribution in [0.3, 0.4) is 0 Å². The molecule has 0 saturated heterocycles. The van der Waals surface area contributed by atoms with E-state index in [0.29, 0.717) is 11.3 Å². The number of halogens is 1. The van der Waals surface area contributed by atoms with Gasteiger partial charge in [0.1, 0.15) is 15.0 Å². The van der Waals surface area contributed by atoms with Crippen molar-refractivity contribution in [3.63, 3.8) is 0 Å². The van der Waals surface area contributed by atoms with Gasteiger partial charge in [-0.1, -0.05) is 32.4 Å². The van der Waals surface area contributed by atoms with Gasteiger partial charge in [0, 0.05) is 29.0 Å². The lowest BCUT2D eigenvalue weighted by molar-refractivity contribution is 0.0943. The lowest BCUT2D eigenvalue weighted by Gasteiger charge is -2.19. The van der Waals surface area contributed by atoms with E-state index in [0.717, 1.165) is 6.26 Å². The van der Waals surface area contributed by atoms with Crippen molar-refractivity contribution in [2.45, 2.75) is 39.2 Å². The summed E-state index contributed by atoms with van der Waals surface area (Å²) >= 11 is 5.96. The summed E-state index contributed by atoms with van der Waals surface area (Å²) in [6.45, 7) is 7.56. The molecule has 0 bridgehead atoms. The molecule has 1 amide bonds. The van der Waals surface area contributed by atoms with E-state index in [1.807, 2.05) is 20.8 Å². The van der Waals surface area contributed by atoms with E-state index in [4.69, 9.17) is 11.6 Å². The van der Waals surface area contributed by atoms with Crippen LogP contribution in [0.25, 0.3) is 0 Å². The van der Waals surface area contributed by atoms with Crippen LogP contribution in [-0.4, -0.2) is 37.4 Å². The highest BCUT2D eigenvalue weighted by Crippen LogP contribution is 2.23. The normalized spacial score (nSPS) is 13.8. The summed E-state index contributed by atoms with van der Waals surface area (Å²) in [5, 5.41) is 2.89. The van der Waals surface area contributed by atoms with Gasteiger partial charge in [0.25, 0.3) is 5.91 Å². The average Bonchev–Trinajstić information content (AvgIpc) is 2.23. The van der Waals surface area contributed by atoms with Crippen molar-refractivity contribution in [1.29, 1.82) is 0 Å². The van der Waals surface area contributed by atoms with Crippen LogP contribution in [0.5, 0.6) is 0 Å². The van der Waals surface area contributed by atoms with E-state index in [1.165, 1.54) is 6.07 Å². The van der Waals surface area contributed by atoms with Crippen molar-refractivity contribution in [2.75, 3.05) is 12.0 Å². The number of sulfone groups is 1. The highest BCUT2D eigenvalue weighted by atomic mass is 35.5. The van der Waals surface area contributed by atoms with E-state index in [9.17, 15) is 13.2 Å². The number of aromatic nitrogens is 1. The van der Waals surface area contributed by atoms with E-state index in [-0.39, 0.29) is 22.2 Å². The first kappa shape index (κ1) is 17.9. The summed E-state index contributed by atoms with van der Waals surface area (Å²) in [5.41, 5.74) is 0.842. The van der Waals surface area contributed by atoms with E-state index >= 15 is 0 Å². The summed E-state index contributed by atoms with van der Waals surface area (Å²) in [6.07, 6.45) is 1.14. The zero-order valence-corrected chi connectivity index (χ0v) is 14.5. The summed E-state index contributed by atoms with van der Waals surface area (Å²) in [4.78, 5) is 16.4. The Hall–Kier alpha value is -1.14. The van der Waals surface area contributed by atoms with Gasteiger partial charge in [-0.15, -0.1) is 0 Å². The minimum absolute atomic E-state index is 0.107. The van der Waals surface area contributed by atoms with Crippen molar-refractivity contribution >= 4 is 27.3 Å². The topological polar surface area (TPSA) is 76.1 Å². The molecule has 5 nitrogen and oxygen atoms in total. The van der Waals surface area contributed by atoms with Gasteiger partial charge in [0.05, 0.1) is 5.75 Å². The molecule has 1 unspecified atom stereocenters. The minimum Gasteiger partial charge on any atom is -0.349 e. The summed E-state index contributed by atoms with van der Waals surface area (Å²) < 4.78 is 22.4. The fourth-order valence-corrected chi connectivity index (χ4v) is 3.02. The molecule has 1 aromatic heterocycles. The molecule has 0 aliphatic heterocycles. The van der Waals surface area contributed by atoms with E-state index in [1.54, 1.807) is 13.0 Å². The molecule has 1 heterocycles. The first-order chi connectivity index (χ1) is 9.38. The van der Waals surface area contributed by atoms with Crippen molar-refractivity contribution < 1.29 is 13.2 Å². The lowest BCUT2D eigenvalue weighted by Crippen LogP contribution is -2.37. The maximum Gasteiger partial charge on any atom is 0.251 e. The van der Waals surface area contributed by atoms with Crippen LogP contribution in [0.1, 0.15) is 43.7 Å². The smallest absolute Gasteiger partial charge is 0.251 e. The lowest BCUT2D eigenvalue weighted by atomic mass is 9.91. The number of amides is 1. The third kappa shape index (κ3) is 6.01. The number of nitrogens with one attached hydrogen (secondary N) is 1. The first-order valence-electron chi connectivity index (χ1n) is 6.55. The Kier molecular flexibility index (Phi) is 5.39. The number of carbonyl (C=O) groups excluding carboxylic acids is 1. The Bertz CT molecular complexity index is 636. The molecular formula is C14H21ClN2O3S. The second-order valence-corrected chi connectivity index (χ2v) is 8.85. The fraction of sp³-hybridized carbons (Fsp3) is 0.571. The molecule has 0 aliphatic rings. The minimum atomic E-state index is -3.14. The molecule has 0 radical (unpaired) electrons. The highest BCUT2D eigenvalue weighted by Gasteiger charge is 2.20. The summed E-state index contributed by atoms with van der Waals surface area (Å²) in [7, 11) is -3.14. The second kappa shape index (κ2) is 6.32. The molecule has 7 heteroatoms. The largest absolute Gasteiger partial charge is 0.349 e.